The molecule has 4 rings (SSSR count). The van der Waals surface area contributed by atoms with E-state index in [4.69, 9.17) is 15.2 Å². The van der Waals surface area contributed by atoms with Gasteiger partial charge in [-0.3, -0.25) is 10.2 Å². The summed E-state index contributed by atoms with van der Waals surface area (Å²) in [6.45, 7) is 0.434. The molecule has 0 bridgehead atoms. The lowest BCUT2D eigenvalue weighted by Crippen LogP contribution is -2.56. The summed E-state index contributed by atoms with van der Waals surface area (Å²) in [5, 5.41) is 3.48. The van der Waals surface area contributed by atoms with Crippen molar-refractivity contribution >= 4 is 11.7 Å². The van der Waals surface area contributed by atoms with Crippen LogP contribution in [0.4, 0.5) is 10.5 Å². The number of amides is 2. The van der Waals surface area contributed by atoms with E-state index in [1.54, 1.807) is 7.11 Å². The minimum absolute atomic E-state index is 0.0343. The minimum atomic E-state index is -0.608. The molecule has 136 valence electrons. The van der Waals surface area contributed by atoms with Gasteiger partial charge in [0.05, 0.1) is 19.4 Å². The highest BCUT2D eigenvalue weighted by atomic mass is 16.5. The molecular weight excluding hydrogens is 330 g/mol. The third-order valence-electron chi connectivity index (χ3n) is 5.13. The van der Waals surface area contributed by atoms with Crippen LogP contribution in [-0.2, 0) is 17.8 Å². The maximum absolute atomic E-state index is 12.1. The highest BCUT2D eigenvalue weighted by molar-refractivity contribution is 5.92. The molecule has 6 heteroatoms. The van der Waals surface area contributed by atoms with Crippen LogP contribution < -0.4 is 20.7 Å². The van der Waals surface area contributed by atoms with E-state index >= 15 is 0 Å². The van der Waals surface area contributed by atoms with Gasteiger partial charge >= 0.3 is 6.03 Å². The van der Waals surface area contributed by atoms with Gasteiger partial charge in [-0.15, -0.1) is 0 Å². The van der Waals surface area contributed by atoms with Crippen molar-refractivity contribution in [2.75, 3.05) is 12.0 Å². The van der Waals surface area contributed by atoms with Gasteiger partial charge in [-0.25, -0.2) is 4.79 Å². The average molecular weight is 353 g/mol. The van der Waals surface area contributed by atoms with Gasteiger partial charge in [0.1, 0.15) is 5.75 Å². The van der Waals surface area contributed by atoms with E-state index in [1.807, 2.05) is 36.4 Å². The number of urea groups is 1. The van der Waals surface area contributed by atoms with Crippen molar-refractivity contribution in [1.29, 1.82) is 0 Å². The van der Waals surface area contributed by atoms with Crippen molar-refractivity contribution in [2.45, 2.75) is 38.3 Å². The molecule has 1 aliphatic carbocycles. The van der Waals surface area contributed by atoms with Crippen LogP contribution >= 0.6 is 0 Å². The summed E-state index contributed by atoms with van der Waals surface area (Å²) in [5.41, 5.74) is 9.83. The Balaban J connectivity index is 1.65. The van der Waals surface area contributed by atoms with Gasteiger partial charge in [-0.05, 0) is 37.0 Å². The zero-order chi connectivity index (χ0) is 18.1. The lowest BCUT2D eigenvalue weighted by Gasteiger charge is -2.39. The van der Waals surface area contributed by atoms with Crippen LogP contribution in [0, 0.1) is 0 Å². The summed E-state index contributed by atoms with van der Waals surface area (Å²) in [6.07, 6.45) is 2.43. The van der Waals surface area contributed by atoms with Gasteiger partial charge in [0, 0.05) is 17.2 Å². The smallest absolute Gasteiger partial charge is 0.322 e. The maximum atomic E-state index is 12.1. The molecule has 2 atom stereocenters. The summed E-state index contributed by atoms with van der Waals surface area (Å²) in [5.74, 6) is 0.863. The standard InChI is InChI=1S/C20H23N3O3/c1-25-17-11-5-8-13-7-4-9-15(18(13)17)22-20-23(19(21)24)16-10-3-2-6-14(16)12-26-20/h2-3,5-6,8,10-11,15,20,22H,4,7,9,12H2,1H3,(H2,21,24). The number of para-hydroxylation sites is 1. The van der Waals surface area contributed by atoms with E-state index in [9.17, 15) is 4.79 Å². The number of hydrogen-bond acceptors (Lipinski definition) is 4. The Morgan fingerprint density at radius 3 is 2.85 bits per heavy atom. The Labute approximate surface area is 152 Å². The molecule has 2 aliphatic rings. The number of fused-ring (bicyclic) bond motifs is 2. The summed E-state index contributed by atoms with van der Waals surface area (Å²) < 4.78 is 11.5. The van der Waals surface area contributed by atoms with Crippen LogP contribution in [0.2, 0.25) is 0 Å². The molecule has 0 spiro atoms. The van der Waals surface area contributed by atoms with Gasteiger partial charge in [0.2, 0.25) is 0 Å². The molecule has 1 heterocycles. The number of nitrogens with zero attached hydrogens (tertiary/aromatic N) is 1. The normalized spacial score (nSPS) is 21.7. The molecule has 0 saturated carbocycles. The SMILES string of the molecule is COc1cccc2c1C(NC1OCc3ccccc3N1C(N)=O)CCC2. The summed E-state index contributed by atoms with van der Waals surface area (Å²) in [7, 11) is 1.68. The molecule has 2 aromatic carbocycles. The van der Waals surface area contributed by atoms with Crippen molar-refractivity contribution in [3.8, 4) is 5.75 Å². The largest absolute Gasteiger partial charge is 0.496 e. The number of carbonyl (C=O) groups excluding carboxylic acids is 1. The molecule has 3 N–H and O–H groups in total. The Kier molecular flexibility index (Phi) is 4.53. The van der Waals surface area contributed by atoms with Crippen LogP contribution in [0.15, 0.2) is 42.5 Å². The summed E-state index contributed by atoms with van der Waals surface area (Å²) in [4.78, 5) is 13.6. The van der Waals surface area contributed by atoms with E-state index in [-0.39, 0.29) is 6.04 Å². The molecule has 0 aromatic heterocycles. The van der Waals surface area contributed by atoms with Crippen molar-refractivity contribution in [2.24, 2.45) is 5.73 Å². The lowest BCUT2D eigenvalue weighted by molar-refractivity contribution is 0.00251. The number of rotatable bonds is 3. The first-order chi connectivity index (χ1) is 12.7. The third-order valence-corrected chi connectivity index (χ3v) is 5.13. The van der Waals surface area contributed by atoms with Crippen LogP contribution in [0.5, 0.6) is 5.75 Å². The zero-order valence-electron chi connectivity index (χ0n) is 14.8. The molecule has 2 unspecified atom stereocenters. The topological polar surface area (TPSA) is 76.8 Å². The predicted molar refractivity (Wildman–Crippen MR) is 98.9 cm³/mol. The number of carbonyl (C=O) groups is 1. The number of primary amides is 1. The van der Waals surface area contributed by atoms with Crippen molar-refractivity contribution in [3.05, 3.63) is 59.2 Å². The predicted octanol–water partition coefficient (Wildman–Crippen LogP) is 3.06. The molecule has 0 radical (unpaired) electrons. The Morgan fingerprint density at radius 2 is 2.04 bits per heavy atom. The van der Waals surface area contributed by atoms with Gasteiger partial charge in [-0.2, -0.15) is 0 Å². The van der Waals surface area contributed by atoms with Gasteiger partial charge < -0.3 is 15.2 Å². The Bertz CT molecular complexity index is 809. The number of nitrogens with two attached hydrogens (primary N) is 1. The quantitative estimate of drug-likeness (QED) is 0.889. The van der Waals surface area contributed by atoms with E-state index in [1.165, 1.54) is 10.5 Å². The minimum Gasteiger partial charge on any atom is -0.496 e. The second kappa shape index (κ2) is 6.97. The fourth-order valence-corrected chi connectivity index (χ4v) is 3.96. The first-order valence-electron chi connectivity index (χ1n) is 8.89. The van der Waals surface area contributed by atoms with Crippen LogP contribution in [0.3, 0.4) is 0 Å². The molecule has 0 fully saturated rings. The fourth-order valence-electron chi connectivity index (χ4n) is 3.96. The van der Waals surface area contributed by atoms with E-state index in [0.29, 0.717) is 6.61 Å². The second-order valence-corrected chi connectivity index (χ2v) is 6.64. The first-order valence-corrected chi connectivity index (χ1v) is 8.89. The maximum Gasteiger partial charge on any atom is 0.322 e. The molecule has 0 saturated heterocycles. The average Bonchev–Trinajstić information content (AvgIpc) is 2.67. The van der Waals surface area contributed by atoms with Crippen LogP contribution in [0.1, 0.15) is 35.6 Å². The summed E-state index contributed by atoms with van der Waals surface area (Å²) >= 11 is 0. The highest BCUT2D eigenvalue weighted by Crippen LogP contribution is 2.38. The summed E-state index contributed by atoms with van der Waals surface area (Å²) in [6, 6.07) is 13.3. The lowest BCUT2D eigenvalue weighted by atomic mass is 9.87. The van der Waals surface area contributed by atoms with Gasteiger partial charge in [0.25, 0.3) is 0 Å². The van der Waals surface area contributed by atoms with E-state index < -0.39 is 12.4 Å². The molecule has 1 aliphatic heterocycles. The van der Waals surface area contributed by atoms with E-state index in [2.05, 4.69) is 11.4 Å². The second-order valence-electron chi connectivity index (χ2n) is 6.64. The van der Waals surface area contributed by atoms with Gasteiger partial charge in [0.15, 0.2) is 6.35 Å². The monoisotopic (exact) mass is 353 g/mol. The van der Waals surface area contributed by atoms with Crippen molar-refractivity contribution in [1.82, 2.24) is 5.32 Å². The van der Waals surface area contributed by atoms with Gasteiger partial charge in [-0.1, -0.05) is 30.3 Å². The fraction of sp³-hybridized carbons (Fsp3) is 0.350. The van der Waals surface area contributed by atoms with Crippen molar-refractivity contribution < 1.29 is 14.3 Å². The first kappa shape index (κ1) is 16.9. The highest BCUT2D eigenvalue weighted by Gasteiger charge is 2.34. The zero-order valence-corrected chi connectivity index (χ0v) is 14.8. The number of anilines is 1. The molecule has 2 aromatic rings. The third kappa shape index (κ3) is 2.91. The van der Waals surface area contributed by atoms with Crippen molar-refractivity contribution in [3.63, 3.8) is 0 Å². The molecule has 6 nitrogen and oxygen atoms in total. The van der Waals surface area contributed by atoms with Crippen LogP contribution in [-0.4, -0.2) is 19.5 Å². The molecule has 2 amide bonds. The molecular formula is C20H23N3O3. The number of nitrogens with one attached hydrogen (secondary N) is 1. The number of hydrogen-bond donors (Lipinski definition) is 2. The van der Waals surface area contributed by atoms with E-state index in [0.717, 1.165) is 41.8 Å². The molecule has 26 heavy (non-hydrogen) atoms. The number of ether oxygens (including phenoxy) is 2. The Hall–Kier alpha value is -2.57. The number of benzene rings is 2. The van der Waals surface area contributed by atoms with Crippen LogP contribution in [0.25, 0.3) is 0 Å². The number of methoxy groups -OCH3 is 1. The number of aryl methyl sites for hydroxylation is 1. The Morgan fingerprint density at radius 1 is 1.23 bits per heavy atom.